The largest absolute Gasteiger partial charge is 0.135 e. The fraction of sp³-hybridized carbons (Fsp3) is 0.250. The van der Waals surface area contributed by atoms with Crippen LogP contribution in [0, 0.1) is 5.41 Å². The molecule has 0 spiro atoms. The highest BCUT2D eigenvalue weighted by Gasteiger charge is 2.10. The van der Waals surface area contributed by atoms with Gasteiger partial charge in [-0.25, -0.2) is 0 Å². The zero-order chi connectivity index (χ0) is 24.7. The summed E-state index contributed by atoms with van der Waals surface area (Å²) in [6.07, 6.45) is 1.25. The first kappa shape index (κ1) is 26.2. The van der Waals surface area contributed by atoms with Gasteiger partial charge in [-0.15, -0.1) is 11.3 Å². The third kappa shape index (κ3) is 7.04. The Morgan fingerprint density at radius 1 is 0.618 bits per heavy atom. The molecule has 5 aromatic rings. The van der Waals surface area contributed by atoms with Gasteiger partial charge in [-0.2, -0.15) is 0 Å². The van der Waals surface area contributed by atoms with E-state index >= 15 is 0 Å². The molecule has 0 radical (unpaired) electrons. The minimum atomic E-state index is 0.500. The lowest BCUT2D eigenvalue weighted by Gasteiger charge is -2.06. The van der Waals surface area contributed by atoms with Crippen LogP contribution < -0.4 is 0 Å². The molecule has 0 aliphatic carbocycles. The number of fused-ring (bicyclic) bond motifs is 3. The Labute approximate surface area is 217 Å². The molecule has 1 aromatic heterocycles. The number of rotatable bonds is 2. The molecule has 0 saturated carbocycles. The van der Waals surface area contributed by atoms with Crippen LogP contribution >= 0.6 is 27.3 Å². The fourth-order valence-electron chi connectivity index (χ4n) is 3.46. The molecule has 0 saturated heterocycles. The summed E-state index contributed by atoms with van der Waals surface area (Å²) in [5.74, 6) is 0. The van der Waals surface area contributed by atoms with Gasteiger partial charge in [-0.3, -0.25) is 0 Å². The molecule has 0 aliphatic heterocycles. The standard InChI is InChI=1S/C24H15BrS.C5H12.C3H8/c25-19-14-12-17(13-15-19)16-8-10-18(11-9-16)20-5-3-6-22-21-4-1-2-7-23(21)26-24(20)22;1-5(2,3)4;1-3-2/h1-15H;1-4H3;3H2,1-2H3. The van der Waals surface area contributed by atoms with Crippen molar-refractivity contribution in [2.45, 2.75) is 48.0 Å². The molecule has 0 atom stereocenters. The van der Waals surface area contributed by atoms with Crippen LogP contribution in [0.1, 0.15) is 48.0 Å². The summed E-state index contributed by atoms with van der Waals surface area (Å²) in [5, 5.41) is 2.70. The van der Waals surface area contributed by atoms with Crippen LogP contribution in [-0.2, 0) is 0 Å². The van der Waals surface area contributed by atoms with E-state index in [1.807, 2.05) is 11.3 Å². The van der Waals surface area contributed by atoms with Crippen LogP contribution in [0.2, 0.25) is 0 Å². The fourth-order valence-corrected chi connectivity index (χ4v) is 4.96. The smallest absolute Gasteiger partial charge is 0.0433 e. The highest BCUT2D eigenvalue weighted by atomic mass is 79.9. The van der Waals surface area contributed by atoms with Crippen molar-refractivity contribution in [3.63, 3.8) is 0 Å². The molecular weight excluding hydrogens is 496 g/mol. The zero-order valence-electron chi connectivity index (χ0n) is 21.2. The highest BCUT2D eigenvalue weighted by Crippen LogP contribution is 2.40. The minimum absolute atomic E-state index is 0.500. The second kappa shape index (κ2) is 11.8. The highest BCUT2D eigenvalue weighted by molar-refractivity contribution is 9.10. The van der Waals surface area contributed by atoms with Crippen LogP contribution in [0.5, 0.6) is 0 Å². The Balaban J connectivity index is 0.000000356. The normalized spacial score (nSPS) is 10.9. The maximum Gasteiger partial charge on any atom is 0.0433 e. The molecule has 0 nitrogen and oxygen atoms in total. The lowest BCUT2D eigenvalue weighted by atomic mass is 9.99. The van der Waals surface area contributed by atoms with Crippen molar-refractivity contribution in [2.24, 2.45) is 5.41 Å². The SMILES string of the molecule is Brc1ccc(-c2ccc(-c3cccc4c3sc3ccccc34)cc2)cc1.CC(C)(C)C.CCC. The van der Waals surface area contributed by atoms with E-state index in [0.717, 1.165) is 4.47 Å². The first-order valence-electron chi connectivity index (χ1n) is 12.0. The Morgan fingerprint density at radius 2 is 1.09 bits per heavy atom. The van der Waals surface area contributed by atoms with Gasteiger partial charge >= 0.3 is 0 Å². The summed E-state index contributed by atoms with van der Waals surface area (Å²) in [4.78, 5) is 0. The average molecular weight is 532 g/mol. The van der Waals surface area contributed by atoms with Crippen molar-refractivity contribution in [3.8, 4) is 22.3 Å². The molecule has 0 unspecified atom stereocenters. The number of benzene rings is 4. The molecule has 176 valence electrons. The van der Waals surface area contributed by atoms with Gasteiger partial charge in [0.2, 0.25) is 0 Å². The molecular formula is C32H35BrS. The summed E-state index contributed by atoms with van der Waals surface area (Å²) in [6.45, 7) is 13.0. The van der Waals surface area contributed by atoms with Gasteiger partial charge in [-0.05, 0) is 45.9 Å². The van der Waals surface area contributed by atoms with Gasteiger partial charge < -0.3 is 0 Å². The quantitative estimate of drug-likeness (QED) is 0.212. The zero-order valence-corrected chi connectivity index (χ0v) is 23.6. The van der Waals surface area contributed by atoms with Crippen molar-refractivity contribution < 1.29 is 0 Å². The van der Waals surface area contributed by atoms with Crippen molar-refractivity contribution in [1.82, 2.24) is 0 Å². The van der Waals surface area contributed by atoms with Crippen molar-refractivity contribution in [2.75, 3.05) is 0 Å². The van der Waals surface area contributed by atoms with Crippen LogP contribution in [0.3, 0.4) is 0 Å². The number of thiophene rings is 1. The van der Waals surface area contributed by atoms with Crippen LogP contribution in [0.4, 0.5) is 0 Å². The number of hydrogen-bond donors (Lipinski definition) is 0. The Hall–Kier alpha value is -2.42. The molecule has 0 aliphatic rings. The van der Waals surface area contributed by atoms with Gasteiger partial charge in [0.25, 0.3) is 0 Å². The van der Waals surface area contributed by atoms with E-state index in [-0.39, 0.29) is 0 Å². The van der Waals surface area contributed by atoms with E-state index in [1.165, 1.54) is 48.8 Å². The predicted octanol–water partition coefficient (Wildman–Crippen LogP) is 11.6. The Bertz CT molecular complexity index is 1310. The maximum absolute atomic E-state index is 3.50. The van der Waals surface area contributed by atoms with E-state index in [0.29, 0.717) is 5.41 Å². The molecule has 0 amide bonds. The first-order valence-corrected chi connectivity index (χ1v) is 13.6. The van der Waals surface area contributed by atoms with Gasteiger partial charge in [0.1, 0.15) is 0 Å². The van der Waals surface area contributed by atoms with Gasteiger partial charge in [0, 0.05) is 24.6 Å². The van der Waals surface area contributed by atoms with Crippen molar-refractivity contribution in [1.29, 1.82) is 0 Å². The second-order valence-corrected chi connectivity index (χ2v) is 12.0. The summed E-state index contributed by atoms with van der Waals surface area (Å²) in [5.41, 5.74) is 5.55. The van der Waals surface area contributed by atoms with Gasteiger partial charge in [-0.1, -0.05) is 137 Å². The molecule has 0 bridgehead atoms. The number of halogens is 1. The Morgan fingerprint density at radius 3 is 1.68 bits per heavy atom. The molecule has 1 heterocycles. The predicted molar refractivity (Wildman–Crippen MR) is 159 cm³/mol. The molecule has 0 N–H and O–H groups in total. The molecule has 2 heteroatoms. The van der Waals surface area contributed by atoms with Crippen LogP contribution in [0.25, 0.3) is 42.4 Å². The number of hydrogen-bond acceptors (Lipinski definition) is 1. The van der Waals surface area contributed by atoms with E-state index in [1.54, 1.807) is 0 Å². The molecule has 5 rings (SSSR count). The summed E-state index contributed by atoms with van der Waals surface area (Å²) in [6, 6.07) is 32.6. The molecule has 34 heavy (non-hydrogen) atoms. The average Bonchev–Trinajstić information content (AvgIpc) is 3.18. The first-order chi connectivity index (χ1) is 16.2. The molecule has 0 fully saturated rings. The lowest BCUT2D eigenvalue weighted by Crippen LogP contribution is -1.93. The third-order valence-corrected chi connectivity index (χ3v) is 6.53. The summed E-state index contributed by atoms with van der Waals surface area (Å²) >= 11 is 5.38. The van der Waals surface area contributed by atoms with Crippen molar-refractivity contribution in [3.05, 3.63) is 95.5 Å². The topological polar surface area (TPSA) is 0 Å². The van der Waals surface area contributed by atoms with Crippen LogP contribution in [-0.4, -0.2) is 0 Å². The van der Waals surface area contributed by atoms with E-state index < -0.39 is 0 Å². The van der Waals surface area contributed by atoms with Crippen molar-refractivity contribution >= 4 is 47.4 Å². The second-order valence-electron chi connectivity index (χ2n) is 10.1. The lowest BCUT2D eigenvalue weighted by molar-refractivity contribution is 0.469. The van der Waals surface area contributed by atoms with Gasteiger partial charge in [0.15, 0.2) is 0 Å². The van der Waals surface area contributed by atoms with E-state index in [4.69, 9.17) is 0 Å². The van der Waals surface area contributed by atoms with E-state index in [9.17, 15) is 0 Å². The molecule has 4 aromatic carbocycles. The monoisotopic (exact) mass is 530 g/mol. The minimum Gasteiger partial charge on any atom is -0.135 e. The Kier molecular flexibility index (Phi) is 9.10. The van der Waals surface area contributed by atoms with Crippen LogP contribution in [0.15, 0.2) is 95.5 Å². The van der Waals surface area contributed by atoms with Gasteiger partial charge in [0.05, 0.1) is 0 Å². The summed E-state index contributed by atoms with van der Waals surface area (Å²) in [7, 11) is 0. The van der Waals surface area contributed by atoms with E-state index in [2.05, 4.69) is 148 Å². The summed E-state index contributed by atoms with van der Waals surface area (Å²) < 4.78 is 3.82. The maximum atomic E-state index is 3.50. The third-order valence-electron chi connectivity index (χ3n) is 4.78.